The summed E-state index contributed by atoms with van der Waals surface area (Å²) in [4.78, 5) is 16.4. The molecule has 0 saturated carbocycles. The fraction of sp³-hybridized carbons (Fsp3) is 0.312. The van der Waals surface area contributed by atoms with Crippen molar-refractivity contribution in [2.24, 2.45) is 11.0 Å². The van der Waals surface area contributed by atoms with E-state index in [0.717, 1.165) is 11.4 Å². The number of rotatable bonds is 7. The van der Waals surface area contributed by atoms with Crippen molar-refractivity contribution in [2.75, 3.05) is 12.4 Å². The number of nitrogens with zero attached hydrogens (tertiary/aromatic N) is 2. The van der Waals surface area contributed by atoms with Gasteiger partial charge in [-0.25, -0.2) is 10.4 Å². The normalized spacial score (nSPS) is 11.0. The predicted octanol–water partition coefficient (Wildman–Crippen LogP) is 4.04. The zero-order valence-corrected chi connectivity index (χ0v) is 15.2. The largest absolute Gasteiger partial charge is 0.497 e. The van der Waals surface area contributed by atoms with Crippen molar-refractivity contribution in [2.45, 2.75) is 20.3 Å². The number of methoxy groups -OCH3 is 1. The van der Waals surface area contributed by atoms with E-state index in [1.54, 1.807) is 7.11 Å². The standard InChI is InChI=1S/C16H19ClN4O2S/c1-10(2)8-14(22)21-18-9-13-15(17)20-16(24-13)19-11-4-6-12(23-3)7-5-11/h4-7,9-10H,8H2,1-3H3,(H,19,20)(H,21,22)/b18-9+. The van der Waals surface area contributed by atoms with E-state index >= 15 is 0 Å². The van der Waals surface area contributed by atoms with Crippen molar-refractivity contribution in [3.63, 3.8) is 0 Å². The lowest BCUT2D eigenvalue weighted by Gasteiger charge is -2.03. The molecule has 0 bridgehead atoms. The first-order chi connectivity index (χ1) is 11.5. The number of hydrogen-bond acceptors (Lipinski definition) is 6. The highest BCUT2D eigenvalue weighted by Crippen LogP contribution is 2.28. The van der Waals surface area contributed by atoms with Crippen LogP contribution in [0.15, 0.2) is 29.4 Å². The molecule has 0 saturated heterocycles. The first kappa shape index (κ1) is 18.2. The van der Waals surface area contributed by atoms with Crippen LogP contribution >= 0.6 is 22.9 Å². The topological polar surface area (TPSA) is 75.6 Å². The van der Waals surface area contributed by atoms with Gasteiger partial charge in [0.2, 0.25) is 5.91 Å². The van der Waals surface area contributed by atoms with Crippen LogP contribution in [0.1, 0.15) is 25.1 Å². The molecule has 0 radical (unpaired) electrons. The number of hydrogen-bond donors (Lipinski definition) is 2. The third-order valence-corrected chi connectivity index (χ3v) is 4.22. The number of benzene rings is 1. The summed E-state index contributed by atoms with van der Waals surface area (Å²) in [6.45, 7) is 3.95. The second kappa shape index (κ2) is 8.65. The van der Waals surface area contributed by atoms with Crippen molar-refractivity contribution in [3.05, 3.63) is 34.3 Å². The lowest BCUT2D eigenvalue weighted by molar-refractivity contribution is -0.121. The van der Waals surface area contributed by atoms with E-state index in [0.29, 0.717) is 21.6 Å². The molecule has 0 fully saturated rings. The summed E-state index contributed by atoms with van der Waals surface area (Å²) in [7, 11) is 1.62. The molecule has 0 spiro atoms. The van der Waals surface area contributed by atoms with Gasteiger partial charge in [0.25, 0.3) is 0 Å². The van der Waals surface area contributed by atoms with Crippen LogP contribution in [0, 0.1) is 5.92 Å². The second-order valence-corrected chi connectivity index (χ2v) is 6.81. The van der Waals surface area contributed by atoms with Gasteiger partial charge in [-0.3, -0.25) is 4.79 Å². The van der Waals surface area contributed by atoms with E-state index in [1.165, 1.54) is 17.6 Å². The Morgan fingerprint density at radius 1 is 1.42 bits per heavy atom. The highest BCUT2D eigenvalue weighted by Gasteiger charge is 2.08. The quantitative estimate of drug-likeness (QED) is 0.572. The van der Waals surface area contributed by atoms with Crippen LogP contribution in [-0.2, 0) is 4.79 Å². The molecule has 0 unspecified atom stereocenters. The molecule has 2 rings (SSSR count). The number of aromatic nitrogens is 1. The van der Waals surface area contributed by atoms with Crippen molar-refractivity contribution in [1.82, 2.24) is 10.4 Å². The molecule has 6 nitrogen and oxygen atoms in total. The Balaban J connectivity index is 1.97. The van der Waals surface area contributed by atoms with Crippen LogP contribution in [0.4, 0.5) is 10.8 Å². The third-order valence-electron chi connectivity index (χ3n) is 2.92. The summed E-state index contributed by atoms with van der Waals surface area (Å²) in [5.74, 6) is 0.939. The highest BCUT2D eigenvalue weighted by molar-refractivity contribution is 7.17. The Hall–Kier alpha value is -2.12. The fourth-order valence-electron chi connectivity index (χ4n) is 1.82. The summed E-state index contributed by atoms with van der Waals surface area (Å²) in [5.41, 5.74) is 3.35. The Bertz CT molecular complexity index is 713. The van der Waals surface area contributed by atoms with Gasteiger partial charge in [-0.15, -0.1) is 0 Å². The minimum atomic E-state index is -0.126. The minimum Gasteiger partial charge on any atom is -0.497 e. The van der Waals surface area contributed by atoms with Crippen LogP contribution in [0.5, 0.6) is 5.75 Å². The molecule has 2 aromatic rings. The van der Waals surface area contributed by atoms with E-state index in [1.807, 2.05) is 38.1 Å². The molecule has 0 aliphatic heterocycles. The molecule has 1 aromatic heterocycles. The van der Waals surface area contributed by atoms with Gasteiger partial charge < -0.3 is 10.1 Å². The fourth-order valence-corrected chi connectivity index (χ4v) is 2.87. The van der Waals surface area contributed by atoms with Gasteiger partial charge in [-0.1, -0.05) is 36.8 Å². The van der Waals surface area contributed by atoms with E-state index < -0.39 is 0 Å². The van der Waals surface area contributed by atoms with Crippen LogP contribution in [0.2, 0.25) is 5.15 Å². The Kier molecular flexibility index (Phi) is 6.57. The van der Waals surface area contributed by atoms with Gasteiger partial charge in [-0.05, 0) is 30.2 Å². The summed E-state index contributed by atoms with van der Waals surface area (Å²) in [5, 5.41) is 8.05. The Labute approximate surface area is 149 Å². The minimum absolute atomic E-state index is 0.126. The third kappa shape index (κ3) is 5.50. The molecule has 24 heavy (non-hydrogen) atoms. The van der Waals surface area contributed by atoms with Crippen LogP contribution < -0.4 is 15.5 Å². The van der Waals surface area contributed by atoms with Gasteiger partial charge in [0.1, 0.15) is 5.75 Å². The Morgan fingerprint density at radius 3 is 2.75 bits per heavy atom. The van der Waals surface area contributed by atoms with Crippen molar-refractivity contribution in [1.29, 1.82) is 0 Å². The van der Waals surface area contributed by atoms with Crippen LogP contribution in [0.25, 0.3) is 0 Å². The molecule has 1 amide bonds. The molecule has 0 atom stereocenters. The zero-order valence-electron chi connectivity index (χ0n) is 13.7. The molecule has 0 aliphatic rings. The molecule has 1 aromatic carbocycles. The average Bonchev–Trinajstić information content (AvgIpc) is 2.87. The maximum atomic E-state index is 11.5. The number of carbonyl (C=O) groups excluding carboxylic acids is 1. The molecular weight excluding hydrogens is 348 g/mol. The van der Waals surface area contributed by atoms with Gasteiger partial charge in [0.15, 0.2) is 10.3 Å². The lowest BCUT2D eigenvalue weighted by atomic mass is 10.1. The number of nitrogens with one attached hydrogen (secondary N) is 2. The molecule has 2 N–H and O–H groups in total. The van der Waals surface area contributed by atoms with Gasteiger partial charge in [0.05, 0.1) is 18.2 Å². The van der Waals surface area contributed by atoms with Gasteiger partial charge in [-0.2, -0.15) is 5.10 Å². The summed E-state index contributed by atoms with van der Waals surface area (Å²) in [6.07, 6.45) is 1.93. The molecular formula is C16H19ClN4O2S. The van der Waals surface area contributed by atoms with E-state index in [-0.39, 0.29) is 11.8 Å². The van der Waals surface area contributed by atoms with Crippen molar-refractivity contribution < 1.29 is 9.53 Å². The first-order valence-corrected chi connectivity index (χ1v) is 8.56. The van der Waals surface area contributed by atoms with Crippen molar-refractivity contribution in [3.8, 4) is 5.75 Å². The number of amides is 1. The number of ether oxygens (including phenoxy) is 1. The smallest absolute Gasteiger partial charge is 0.240 e. The summed E-state index contributed by atoms with van der Waals surface area (Å²) < 4.78 is 5.12. The molecule has 0 aliphatic carbocycles. The second-order valence-electron chi connectivity index (χ2n) is 5.42. The zero-order chi connectivity index (χ0) is 17.5. The number of hydrazone groups is 1. The lowest BCUT2D eigenvalue weighted by Crippen LogP contribution is -2.18. The van der Waals surface area contributed by atoms with Gasteiger partial charge >= 0.3 is 0 Å². The molecule has 8 heteroatoms. The van der Waals surface area contributed by atoms with E-state index in [2.05, 4.69) is 20.8 Å². The summed E-state index contributed by atoms with van der Waals surface area (Å²) >= 11 is 7.44. The van der Waals surface area contributed by atoms with E-state index in [4.69, 9.17) is 16.3 Å². The highest BCUT2D eigenvalue weighted by atomic mass is 35.5. The monoisotopic (exact) mass is 366 g/mol. The number of thiazole rings is 1. The molecule has 1 heterocycles. The molecule has 128 valence electrons. The van der Waals surface area contributed by atoms with Gasteiger partial charge in [0, 0.05) is 12.1 Å². The van der Waals surface area contributed by atoms with Crippen LogP contribution in [0.3, 0.4) is 0 Å². The maximum Gasteiger partial charge on any atom is 0.240 e. The number of halogens is 1. The predicted molar refractivity (Wildman–Crippen MR) is 98.6 cm³/mol. The van der Waals surface area contributed by atoms with Crippen LogP contribution in [-0.4, -0.2) is 24.2 Å². The maximum absolute atomic E-state index is 11.5. The average molecular weight is 367 g/mol. The number of carbonyl (C=O) groups is 1. The first-order valence-electron chi connectivity index (χ1n) is 7.37. The Morgan fingerprint density at radius 2 is 2.12 bits per heavy atom. The summed E-state index contributed by atoms with van der Waals surface area (Å²) in [6, 6.07) is 7.47. The number of anilines is 2. The van der Waals surface area contributed by atoms with Crippen molar-refractivity contribution >= 4 is 45.9 Å². The van der Waals surface area contributed by atoms with E-state index in [9.17, 15) is 4.79 Å². The SMILES string of the molecule is COc1ccc(Nc2nc(Cl)c(/C=N/NC(=O)CC(C)C)s2)cc1.